The number of nitrogens with one attached hydrogen (secondary N) is 1. The summed E-state index contributed by atoms with van der Waals surface area (Å²) in [6, 6.07) is 0. The van der Waals surface area contributed by atoms with Crippen molar-refractivity contribution in [2.45, 2.75) is 22.8 Å². The Kier molecular flexibility index (Phi) is 3.16. The normalized spacial score (nSPS) is 26.5. The number of hydrogen-bond donors (Lipinski definition) is 1. The van der Waals surface area contributed by atoms with Gasteiger partial charge in [-0.1, -0.05) is 18.7 Å². The van der Waals surface area contributed by atoms with Crippen molar-refractivity contribution in [3.8, 4) is 0 Å². The molecule has 1 saturated carbocycles. The van der Waals surface area contributed by atoms with Gasteiger partial charge in [0.05, 0.1) is 0 Å². The van der Waals surface area contributed by atoms with E-state index < -0.39 is 4.33 Å². The molecule has 16 heavy (non-hydrogen) atoms. The van der Waals surface area contributed by atoms with Gasteiger partial charge in [0.25, 0.3) is 5.95 Å². The van der Waals surface area contributed by atoms with Crippen molar-refractivity contribution in [1.82, 2.24) is 20.4 Å². The third-order valence-electron chi connectivity index (χ3n) is 2.65. The smallest absolute Gasteiger partial charge is 0.262 e. The fourth-order valence-electron chi connectivity index (χ4n) is 1.28. The molecule has 0 saturated heterocycles. The van der Waals surface area contributed by atoms with Crippen molar-refractivity contribution < 1.29 is 0 Å². The topological polar surface area (TPSA) is 63.6 Å². The summed E-state index contributed by atoms with van der Waals surface area (Å²) < 4.78 is -0.639. The molecule has 5 nitrogen and oxygen atoms in total. The first-order valence-corrected chi connectivity index (χ1v) is 6.68. The van der Waals surface area contributed by atoms with Crippen LogP contribution >= 0.6 is 35.0 Å². The number of hydrogen-bond acceptors (Lipinski definition) is 6. The maximum absolute atomic E-state index is 6.01. The van der Waals surface area contributed by atoms with Crippen LogP contribution in [0, 0.1) is 5.41 Å². The van der Waals surface area contributed by atoms with Gasteiger partial charge in [-0.25, -0.2) is 0 Å². The van der Waals surface area contributed by atoms with Crippen LogP contribution in [0.2, 0.25) is 0 Å². The lowest BCUT2D eigenvalue weighted by atomic mass is 10.1. The minimum Gasteiger partial charge on any atom is -0.351 e. The van der Waals surface area contributed by atoms with Crippen LogP contribution in [-0.2, 0) is 0 Å². The van der Waals surface area contributed by atoms with E-state index in [-0.39, 0.29) is 5.41 Å². The molecule has 1 aliphatic rings. The Labute approximate surface area is 108 Å². The largest absolute Gasteiger partial charge is 0.351 e. The molecule has 1 heterocycles. The van der Waals surface area contributed by atoms with E-state index in [1.54, 1.807) is 0 Å². The Balaban J connectivity index is 1.91. The highest BCUT2D eigenvalue weighted by Crippen LogP contribution is 2.63. The third kappa shape index (κ3) is 2.33. The lowest BCUT2D eigenvalue weighted by molar-refractivity contribution is 0.592. The van der Waals surface area contributed by atoms with E-state index in [0.717, 1.165) is 6.42 Å². The molecule has 1 fully saturated rings. The molecule has 88 valence electrons. The minimum atomic E-state index is -0.639. The second kappa shape index (κ2) is 4.16. The molecule has 0 amide bonds. The quantitative estimate of drug-likeness (QED) is 0.672. The lowest BCUT2D eigenvalue weighted by Gasteiger charge is -2.11. The SMILES string of the molecule is CSc1nnc(NCC2(C)CC2(Cl)Cl)nn1. The molecule has 0 aromatic carbocycles. The number of nitrogens with zero attached hydrogens (tertiary/aromatic N) is 4. The number of rotatable bonds is 4. The molecule has 2 rings (SSSR count). The van der Waals surface area contributed by atoms with Crippen molar-refractivity contribution in [1.29, 1.82) is 0 Å². The average molecular weight is 280 g/mol. The van der Waals surface area contributed by atoms with Crippen molar-refractivity contribution in [2.75, 3.05) is 18.1 Å². The van der Waals surface area contributed by atoms with Crippen molar-refractivity contribution in [2.24, 2.45) is 5.41 Å². The van der Waals surface area contributed by atoms with Gasteiger partial charge < -0.3 is 5.32 Å². The van der Waals surface area contributed by atoms with E-state index in [2.05, 4.69) is 25.7 Å². The fraction of sp³-hybridized carbons (Fsp3) is 0.750. The predicted molar refractivity (Wildman–Crippen MR) is 65.1 cm³/mol. The molecule has 1 aromatic rings. The molecule has 1 aromatic heterocycles. The van der Waals surface area contributed by atoms with Gasteiger partial charge in [-0.3, -0.25) is 0 Å². The van der Waals surface area contributed by atoms with Crippen LogP contribution in [0.25, 0.3) is 0 Å². The van der Waals surface area contributed by atoms with Gasteiger partial charge in [-0.05, 0) is 12.7 Å². The van der Waals surface area contributed by atoms with E-state index in [1.165, 1.54) is 11.8 Å². The third-order valence-corrected chi connectivity index (χ3v) is 4.36. The van der Waals surface area contributed by atoms with E-state index in [9.17, 15) is 0 Å². The zero-order valence-electron chi connectivity index (χ0n) is 8.87. The number of alkyl halides is 2. The van der Waals surface area contributed by atoms with E-state index in [0.29, 0.717) is 17.6 Å². The maximum atomic E-state index is 6.01. The average Bonchev–Trinajstić information content (AvgIpc) is 2.76. The number of thioether (sulfide) groups is 1. The first kappa shape index (κ1) is 12.1. The maximum Gasteiger partial charge on any atom is 0.262 e. The minimum absolute atomic E-state index is 0.127. The second-order valence-corrected chi connectivity index (χ2v) is 6.26. The number of anilines is 1. The fourth-order valence-corrected chi connectivity index (χ4v) is 2.25. The highest BCUT2D eigenvalue weighted by Gasteiger charge is 2.62. The molecule has 1 N–H and O–H groups in total. The second-order valence-electron chi connectivity index (χ2n) is 4.01. The van der Waals surface area contributed by atoms with Crippen molar-refractivity contribution in [3.05, 3.63) is 0 Å². The molecule has 1 unspecified atom stereocenters. The Bertz CT molecular complexity index is 385. The Morgan fingerprint density at radius 1 is 1.31 bits per heavy atom. The standard InChI is InChI=1S/C8H11Cl2N5S/c1-7(3-8(7,9)10)4-11-5-12-14-6(16-2)15-13-5/h3-4H2,1-2H3,(H,11,12,13). The van der Waals surface area contributed by atoms with Gasteiger partial charge in [0.2, 0.25) is 5.16 Å². The van der Waals surface area contributed by atoms with E-state index in [1.807, 2.05) is 13.2 Å². The van der Waals surface area contributed by atoms with E-state index in [4.69, 9.17) is 23.2 Å². The molecule has 1 atom stereocenters. The summed E-state index contributed by atoms with van der Waals surface area (Å²) in [5, 5.41) is 19.1. The Morgan fingerprint density at radius 2 is 1.88 bits per heavy atom. The summed E-state index contributed by atoms with van der Waals surface area (Å²) in [7, 11) is 0. The van der Waals surface area contributed by atoms with Crippen molar-refractivity contribution >= 4 is 40.9 Å². The lowest BCUT2D eigenvalue weighted by Crippen LogP contribution is -2.19. The van der Waals surface area contributed by atoms with Crippen LogP contribution in [0.1, 0.15) is 13.3 Å². The summed E-state index contributed by atoms with van der Waals surface area (Å²) in [6.07, 6.45) is 2.63. The van der Waals surface area contributed by atoms with Gasteiger partial charge >= 0.3 is 0 Å². The van der Waals surface area contributed by atoms with Gasteiger partial charge in [0.15, 0.2) is 0 Å². The molecule has 0 spiro atoms. The monoisotopic (exact) mass is 279 g/mol. The predicted octanol–water partition coefficient (Wildman–Crippen LogP) is 1.98. The molecule has 0 aliphatic heterocycles. The van der Waals surface area contributed by atoms with Gasteiger partial charge in [-0.15, -0.1) is 43.6 Å². The first-order valence-electron chi connectivity index (χ1n) is 4.70. The van der Waals surface area contributed by atoms with Crippen LogP contribution in [0.4, 0.5) is 5.95 Å². The summed E-state index contributed by atoms with van der Waals surface area (Å²) >= 11 is 13.4. The van der Waals surface area contributed by atoms with Crippen LogP contribution < -0.4 is 5.32 Å². The molecular weight excluding hydrogens is 269 g/mol. The van der Waals surface area contributed by atoms with Gasteiger partial charge in [0, 0.05) is 12.0 Å². The van der Waals surface area contributed by atoms with Crippen molar-refractivity contribution in [3.63, 3.8) is 0 Å². The van der Waals surface area contributed by atoms with Crippen LogP contribution in [0.3, 0.4) is 0 Å². The first-order chi connectivity index (χ1) is 7.47. The van der Waals surface area contributed by atoms with Gasteiger partial charge in [-0.2, -0.15) is 0 Å². The highest BCUT2D eigenvalue weighted by atomic mass is 35.5. The van der Waals surface area contributed by atoms with Gasteiger partial charge in [0.1, 0.15) is 4.33 Å². The molecule has 0 radical (unpaired) electrons. The van der Waals surface area contributed by atoms with Crippen LogP contribution in [0.5, 0.6) is 0 Å². The summed E-state index contributed by atoms with van der Waals surface area (Å²) in [4.78, 5) is 0. The molecule has 0 bridgehead atoms. The molecule has 8 heteroatoms. The number of aromatic nitrogens is 4. The molecular formula is C8H11Cl2N5S. The summed E-state index contributed by atoms with van der Waals surface area (Å²) in [5.41, 5.74) is -0.127. The Hall–Kier alpha value is -0.330. The van der Waals surface area contributed by atoms with E-state index >= 15 is 0 Å². The number of halogens is 2. The molecule has 1 aliphatic carbocycles. The van der Waals surface area contributed by atoms with Crippen LogP contribution in [-0.4, -0.2) is 37.5 Å². The zero-order chi connectivity index (χ0) is 11.8. The van der Waals surface area contributed by atoms with Crippen LogP contribution in [0.15, 0.2) is 5.16 Å². The summed E-state index contributed by atoms with van der Waals surface area (Å²) in [6.45, 7) is 2.62. The highest BCUT2D eigenvalue weighted by molar-refractivity contribution is 7.98. The zero-order valence-corrected chi connectivity index (χ0v) is 11.2. The Morgan fingerprint density at radius 3 is 2.31 bits per heavy atom. The summed E-state index contributed by atoms with van der Waals surface area (Å²) in [5.74, 6) is 0.398.